The van der Waals surface area contributed by atoms with E-state index in [0.29, 0.717) is 6.04 Å². The molecular formula is C16H27ClN2O2. The van der Waals surface area contributed by atoms with Crippen molar-refractivity contribution in [1.82, 2.24) is 10.2 Å². The van der Waals surface area contributed by atoms with Crippen LogP contribution in [0.25, 0.3) is 0 Å². The Hall–Kier alpha value is -0.970. The van der Waals surface area contributed by atoms with Gasteiger partial charge in [-0.3, -0.25) is 4.90 Å². The average Bonchev–Trinajstić information content (AvgIpc) is 3.01. The van der Waals surface area contributed by atoms with E-state index in [9.17, 15) is 0 Å². The van der Waals surface area contributed by atoms with Crippen molar-refractivity contribution in [2.75, 3.05) is 33.9 Å². The number of hydrogen-bond donors (Lipinski definition) is 1. The Kier molecular flexibility index (Phi) is 7.86. The number of ether oxygens (including phenoxy) is 2. The zero-order valence-electron chi connectivity index (χ0n) is 13.2. The highest BCUT2D eigenvalue weighted by atomic mass is 35.5. The quantitative estimate of drug-likeness (QED) is 0.839. The molecule has 120 valence electrons. The van der Waals surface area contributed by atoms with Gasteiger partial charge in [-0.15, -0.1) is 12.4 Å². The van der Waals surface area contributed by atoms with Crippen LogP contribution >= 0.6 is 12.4 Å². The van der Waals surface area contributed by atoms with Gasteiger partial charge in [0.2, 0.25) is 0 Å². The summed E-state index contributed by atoms with van der Waals surface area (Å²) in [4.78, 5) is 2.56. The van der Waals surface area contributed by atoms with Crippen LogP contribution in [0.2, 0.25) is 0 Å². The molecule has 0 aliphatic carbocycles. The van der Waals surface area contributed by atoms with E-state index in [0.717, 1.165) is 37.7 Å². The second-order valence-corrected chi connectivity index (χ2v) is 5.29. The van der Waals surface area contributed by atoms with Gasteiger partial charge in [-0.1, -0.05) is 13.0 Å². The molecule has 1 saturated heterocycles. The van der Waals surface area contributed by atoms with E-state index >= 15 is 0 Å². The summed E-state index contributed by atoms with van der Waals surface area (Å²) in [6.45, 7) is 6.53. The largest absolute Gasteiger partial charge is 0.497 e. The molecule has 0 aromatic heterocycles. The zero-order chi connectivity index (χ0) is 14.4. The molecule has 1 unspecified atom stereocenters. The minimum atomic E-state index is 0. The van der Waals surface area contributed by atoms with E-state index in [4.69, 9.17) is 9.47 Å². The molecule has 4 nitrogen and oxygen atoms in total. The summed E-state index contributed by atoms with van der Waals surface area (Å²) < 4.78 is 10.8. The van der Waals surface area contributed by atoms with Crippen LogP contribution in [0.5, 0.6) is 11.5 Å². The van der Waals surface area contributed by atoms with Gasteiger partial charge >= 0.3 is 0 Å². The van der Waals surface area contributed by atoms with Crippen LogP contribution in [0.1, 0.15) is 25.3 Å². The summed E-state index contributed by atoms with van der Waals surface area (Å²) >= 11 is 0. The predicted molar refractivity (Wildman–Crippen MR) is 88.8 cm³/mol. The van der Waals surface area contributed by atoms with Gasteiger partial charge in [0.1, 0.15) is 11.5 Å². The molecular weight excluding hydrogens is 288 g/mol. The maximum Gasteiger partial charge on any atom is 0.127 e. The van der Waals surface area contributed by atoms with Crippen molar-refractivity contribution in [3.63, 3.8) is 0 Å². The summed E-state index contributed by atoms with van der Waals surface area (Å²) in [6, 6.07) is 6.73. The molecule has 1 aliphatic rings. The van der Waals surface area contributed by atoms with Gasteiger partial charge in [0.05, 0.1) is 14.2 Å². The third-order valence-corrected chi connectivity index (χ3v) is 3.93. The Balaban J connectivity index is 0.00000220. The first-order valence-electron chi connectivity index (χ1n) is 7.44. The van der Waals surface area contributed by atoms with Crippen molar-refractivity contribution in [2.24, 2.45) is 0 Å². The summed E-state index contributed by atoms with van der Waals surface area (Å²) in [5.41, 5.74) is 1.23. The lowest BCUT2D eigenvalue weighted by Gasteiger charge is -2.28. The van der Waals surface area contributed by atoms with Crippen molar-refractivity contribution in [3.8, 4) is 11.5 Å². The number of methoxy groups -OCH3 is 2. The van der Waals surface area contributed by atoms with E-state index in [1.54, 1.807) is 14.2 Å². The van der Waals surface area contributed by atoms with Crippen LogP contribution in [0, 0.1) is 0 Å². The van der Waals surface area contributed by atoms with Gasteiger partial charge in [-0.05, 0) is 32.0 Å². The maximum atomic E-state index is 5.51. The lowest BCUT2D eigenvalue weighted by atomic mass is 10.1. The molecule has 1 aromatic rings. The molecule has 1 heterocycles. The van der Waals surface area contributed by atoms with Gasteiger partial charge in [-0.25, -0.2) is 0 Å². The molecule has 1 aliphatic heterocycles. The van der Waals surface area contributed by atoms with Crippen molar-refractivity contribution < 1.29 is 9.47 Å². The Morgan fingerprint density at radius 3 is 2.67 bits per heavy atom. The summed E-state index contributed by atoms with van der Waals surface area (Å²) in [7, 11) is 3.40. The fraction of sp³-hybridized carbons (Fsp3) is 0.625. The Morgan fingerprint density at radius 2 is 2.10 bits per heavy atom. The minimum absolute atomic E-state index is 0. The molecule has 1 atom stereocenters. The molecule has 1 fully saturated rings. The first-order valence-corrected chi connectivity index (χ1v) is 7.44. The fourth-order valence-corrected chi connectivity index (χ4v) is 2.83. The molecule has 0 spiro atoms. The standard InChI is InChI=1S/C16H26N2O2.ClH/c1-4-9-18(14-7-8-17-11-14)12-13-5-6-15(19-2)10-16(13)20-3;/h5-6,10,14,17H,4,7-9,11-12H2,1-3H3;1H. The number of benzene rings is 1. The predicted octanol–water partition coefficient (Wildman–Crippen LogP) is 2.70. The summed E-state index contributed by atoms with van der Waals surface area (Å²) in [5, 5.41) is 3.45. The third-order valence-electron chi connectivity index (χ3n) is 3.93. The normalized spacial score (nSPS) is 17.6. The number of halogens is 1. The first-order chi connectivity index (χ1) is 9.78. The molecule has 0 amide bonds. The van der Waals surface area contributed by atoms with Crippen molar-refractivity contribution in [1.29, 1.82) is 0 Å². The van der Waals surface area contributed by atoms with Gasteiger partial charge in [0.15, 0.2) is 0 Å². The first kappa shape index (κ1) is 18.1. The second kappa shape index (κ2) is 9.13. The van der Waals surface area contributed by atoms with Gasteiger partial charge < -0.3 is 14.8 Å². The highest BCUT2D eigenvalue weighted by Gasteiger charge is 2.22. The van der Waals surface area contributed by atoms with Gasteiger partial charge in [0.25, 0.3) is 0 Å². The number of nitrogens with zero attached hydrogens (tertiary/aromatic N) is 1. The van der Waals surface area contributed by atoms with E-state index in [1.165, 1.54) is 18.4 Å². The van der Waals surface area contributed by atoms with Crippen LogP contribution in [0.3, 0.4) is 0 Å². The number of rotatable bonds is 7. The average molecular weight is 315 g/mol. The highest BCUT2D eigenvalue weighted by Crippen LogP contribution is 2.26. The van der Waals surface area contributed by atoms with Crippen molar-refractivity contribution in [3.05, 3.63) is 23.8 Å². The molecule has 0 saturated carbocycles. The lowest BCUT2D eigenvalue weighted by Crippen LogP contribution is -2.37. The highest BCUT2D eigenvalue weighted by molar-refractivity contribution is 5.85. The summed E-state index contributed by atoms with van der Waals surface area (Å²) in [5.74, 6) is 1.76. The molecule has 21 heavy (non-hydrogen) atoms. The zero-order valence-corrected chi connectivity index (χ0v) is 14.0. The van der Waals surface area contributed by atoms with Gasteiger partial charge in [-0.2, -0.15) is 0 Å². The number of nitrogens with one attached hydrogen (secondary N) is 1. The smallest absolute Gasteiger partial charge is 0.127 e. The molecule has 0 bridgehead atoms. The Bertz CT molecular complexity index is 423. The molecule has 0 radical (unpaired) electrons. The van der Waals surface area contributed by atoms with Crippen molar-refractivity contribution in [2.45, 2.75) is 32.4 Å². The lowest BCUT2D eigenvalue weighted by molar-refractivity contribution is 0.197. The Labute approximate surface area is 134 Å². The SMILES string of the molecule is CCCN(Cc1ccc(OC)cc1OC)C1CCNC1.Cl. The third kappa shape index (κ3) is 4.77. The van der Waals surface area contributed by atoms with E-state index in [2.05, 4.69) is 23.2 Å². The van der Waals surface area contributed by atoms with E-state index in [1.807, 2.05) is 12.1 Å². The van der Waals surface area contributed by atoms with Gasteiger partial charge in [0, 0.05) is 30.8 Å². The molecule has 1 aromatic carbocycles. The minimum Gasteiger partial charge on any atom is -0.497 e. The van der Waals surface area contributed by atoms with Crippen LogP contribution < -0.4 is 14.8 Å². The second-order valence-electron chi connectivity index (χ2n) is 5.29. The monoisotopic (exact) mass is 314 g/mol. The molecule has 1 N–H and O–H groups in total. The van der Waals surface area contributed by atoms with E-state index in [-0.39, 0.29) is 12.4 Å². The van der Waals surface area contributed by atoms with Crippen molar-refractivity contribution >= 4 is 12.4 Å². The van der Waals surface area contributed by atoms with Crippen LogP contribution in [-0.4, -0.2) is 44.8 Å². The molecule has 5 heteroatoms. The van der Waals surface area contributed by atoms with Crippen LogP contribution in [0.15, 0.2) is 18.2 Å². The number of hydrogen-bond acceptors (Lipinski definition) is 4. The van der Waals surface area contributed by atoms with Crippen LogP contribution in [-0.2, 0) is 6.54 Å². The Morgan fingerprint density at radius 1 is 1.29 bits per heavy atom. The molecule has 2 rings (SSSR count). The van der Waals surface area contributed by atoms with E-state index < -0.39 is 0 Å². The van der Waals surface area contributed by atoms with Crippen LogP contribution in [0.4, 0.5) is 0 Å². The summed E-state index contributed by atoms with van der Waals surface area (Å²) in [6.07, 6.45) is 2.41. The topological polar surface area (TPSA) is 33.7 Å². The maximum absolute atomic E-state index is 5.51. The fourth-order valence-electron chi connectivity index (χ4n) is 2.83.